The first kappa shape index (κ1) is 11.9. The first-order chi connectivity index (χ1) is 8.26. The van der Waals surface area contributed by atoms with Crippen LogP contribution in [0.25, 0.3) is 11.3 Å². The zero-order valence-corrected chi connectivity index (χ0v) is 11.1. The lowest BCUT2D eigenvalue weighted by Gasteiger charge is -2.11. The Morgan fingerprint density at radius 2 is 1.94 bits per heavy atom. The van der Waals surface area contributed by atoms with Crippen molar-refractivity contribution in [1.29, 1.82) is 0 Å². The van der Waals surface area contributed by atoms with Gasteiger partial charge in [0.25, 0.3) is 0 Å². The van der Waals surface area contributed by atoms with Gasteiger partial charge in [0, 0.05) is 5.56 Å². The highest BCUT2D eigenvalue weighted by molar-refractivity contribution is 9.10. The van der Waals surface area contributed by atoms with E-state index in [9.17, 15) is 0 Å². The van der Waals surface area contributed by atoms with E-state index >= 15 is 0 Å². The number of ether oxygens (including phenoxy) is 2. The van der Waals surface area contributed by atoms with Crippen LogP contribution in [0.4, 0.5) is 0 Å². The minimum Gasteiger partial charge on any atom is -0.493 e. The lowest BCUT2D eigenvalue weighted by molar-refractivity contribution is 0.356. The number of nitrogens with zero attached hydrogens (tertiary/aromatic N) is 2. The van der Waals surface area contributed by atoms with Gasteiger partial charge < -0.3 is 9.47 Å². The molecule has 0 aliphatic carbocycles. The number of aromatic nitrogens is 2. The standard InChI is InChI=1S/C12H11BrN2O2/c1-16-10-5-3-4-8(12(10)17-2)9-6-11(13)15-7-14-9/h3-7H,1-2H3. The second kappa shape index (κ2) is 5.14. The summed E-state index contributed by atoms with van der Waals surface area (Å²) in [7, 11) is 3.22. The molecule has 0 amide bonds. The van der Waals surface area contributed by atoms with Crippen molar-refractivity contribution >= 4 is 15.9 Å². The monoisotopic (exact) mass is 294 g/mol. The van der Waals surface area contributed by atoms with E-state index in [1.54, 1.807) is 14.2 Å². The van der Waals surface area contributed by atoms with Crippen molar-refractivity contribution in [2.45, 2.75) is 0 Å². The van der Waals surface area contributed by atoms with Crippen molar-refractivity contribution in [2.75, 3.05) is 14.2 Å². The molecule has 2 rings (SSSR count). The van der Waals surface area contributed by atoms with Gasteiger partial charge >= 0.3 is 0 Å². The molecule has 5 heteroatoms. The van der Waals surface area contributed by atoms with Gasteiger partial charge in [0.1, 0.15) is 10.9 Å². The van der Waals surface area contributed by atoms with Crippen LogP contribution < -0.4 is 9.47 Å². The Bertz CT molecular complexity index is 532. The molecule has 0 bridgehead atoms. The molecule has 1 heterocycles. The molecule has 1 aromatic carbocycles. The summed E-state index contributed by atoms with van der Waals surface area (Å²) in [5.41, 5.74) is 1.65. The van der Waals surface area contributed by atoms with Gasteiger partial charge in [-0.05, 0) is 34.1 Å². The first-order valence-electron chi connectivity index (χ1n) is 4.95. The Balaban J connectivity index is 2.59. The predicted molar refractivity (Wildman–Crippen MR) is 68.3 cm³/mol. The van der Waals surface area contributed by atoms with Crippen molar-refractivity contribution in [1.82, 2.24) is 9.97 Å². The average molecular weight is 295 g/mol. The summed E-state index contributed by atoms with van der Waals surface area (Å²) in [4.78, 5) is 8.21. The molecule has 0 aliphatic rings. The van der Waals surface area contributed by atoms with Gasteiger partial charge in [-0.1, -0.05) is 6.07 Å². The fraction of sp³-hybridized carbons (Fsp3) is 0.167. The van der Waals surface area contributed by atoms with Crippen LogP contribution in [0.15, 0.2) is 35.2 Å². The predicted octanol–water partition coefficient (Wildman–Crippen LogP) is 2.92. The van der Waals surface area contributed by atoms with E-state index in [1.165, 1.54) is 6.33 Å². The Morgan fingerprint density at radius 1 is 1.12 bits per heavy atom. The van der Waals surface area contributed by atoms with Gasteiger partial charge in [-0.2, -0.15) is 0 Å². The van der Waals surface area contributed by atoms with Crippen LogP contribution >= 0.6 is 15.9 Å². The van der Waals surface area contributed by atoms with Gasteiger partial charge in [0.2, 0.25) is 0 Å². The summed E-state index contributed by atoms with van der Waals surface area (Å²) in [6, 6.07) is 7.50. The van der Waals surface area contributed by atoms with Gasteiger partial charge in [-0.15, -0.1) is 0 Å². The fourth-order valence-corrected chi connectivity index (χ4v) is 1.88. The van der Waals surface area contributed by atoms with E-state index < -0.39 is 0 Å². The highest BCUT2D eigenvalue weighted by Crippen LogP contribution is 2.37. The van der Waals surface area contributed by atoms with E-state index in [0.29, 0.717) is 11.5 Å². The maximum Gasteiger partial charge on any atom is 0.170 e. The lowest BCUT2D eigenvalue weighted by Crippen LogP contribution is -1.94. The Kier molecular flexibility index (Phi) is 3.58. The van der Waals surface area contributed by atoms with E-state index in [0.717, 1.165) is 15.9 Å². The number of methoxy groups -OCH3 is 2. The number of benzene rings is 1. The molecular formula is C12H11BrN2O2. The van der Waals surface area contributed by atoms with Gasteiger partial charge in [0.05, 0.1) is 19.9 Å². The number of para-hydroxylation sites is 1. The third-order valence-corrected chi connectivity index (χ3v) is 2.75. The Labute approximate surface area is 108 Å². The molecule has 0 spiro atoms. The van der Waals surface area contributed by atoms with Gasteiger partial charge in [-0.3, -0.25) is 0 Å². The van der Waals surface area contributed by atoms with Crippen molar-refractivity contribution in [3.8, 4) is 22.8 Å². The van der Waals surface area contributed by atoms with Crippen LogP contribution in [-0.2, 0) is 0 Å². The first-order valence-corrected chi connectivity index (χ1v) is 5.74. The van der Waals surface area contributed by atoms with Gasteiger partial charge in [0.15, 0.2) is 11.5 Å². The number of hydrogen-bond donors (Lipinski definition) is 0. The molecule has 2 aromatic rings. The summed E-state index contributed by atoms with van der Waals surface area (Å²) < 4.78 is 11.3. The number of hydrogen-bond acceptors (Lipinski definition) is 4. The zero-order chi connectivity index (χ0) is 12.3. The maximum atomic E-state index is 5.36. The normalized spacial score (nSPS) is 10.1. The summed E-state index contributed by atoms with van der Waals surface area (Å²) in [5.74, 6) is 1.35. The number of rotatable bonds is 3. The Hall–Kier alpha value is -1.62. The summed E-state index contributed by atoms with van der Waals surface area (Å²) in [5, 5.41) is 0. The van der Waals surface area contributed by atoms with Crippen molar-refractivity contribution in [2.24, 2.45) is 0 Å². The molecule has 0 atom stereocenters. The molecule has 0 saturated heterocycles. The zero-order valence-electron chi connectivity index (χ0n) is 9.48. The summed E-state index contributed by atoms with van der Waals surface area (Å²) >= 11 is 3.32. The van der Waals surface area contributed by atoms with Crippen LogP contribution in [0.3, 0.4) is 0 Å². The molecule has 0 aliphatic heterocycles. The highest BCUT2D eigenvalue weighted by atomic mass is 79.9. The van der Waals surface area contributed by atoms with Crippen LogP contribution in [0.5, 0.6) is 11.5 Å². The van der Waals surface area contributed by atoms with Crippen LogP contribution in [0, 0.1) is 0 Å². The maximum absolute atomic E-state index is 5.36. The second-order valence-electron chi connectivity index (χ2n) is 3.27. The average Bonchev–Trinajstić information content (AvgIpc) is 2.37. The topological polar surface area (TPSA) is 44.2 Å². The lowest BCUT2D eigenvalue weighted by atomic mass is 10.1. The minimum atomic E-state index is 0.667. The van der Waals surface area contributed by atoms with Crippen LogP contribution in [0.1, 0.15) is 0 Å². The van der Waals surface area contributed by atoms with Gasteiger partial charge in [-0.25, -0.2) is 9.97 Å². The molecule has 0 N–H and O–H groups in total. The van der Waals surface area contributed by atoms with E-state index in [1.807, 2.05) is 24.3 Å². The molecule has 1 aromatic heterocycles. The molecule has 88 valence electrons. The van der Waals surface area contributed by atoms with Crippen LogP contribution in [0.2, 0.25) is 0 Å². The second-order valence-corrected chi connectivity index (χ2v) is 4.08. The summed E-state index contributed by atoms with van der Waals surface area (Å²) in [6.45, 7) is 0. The molecule has 17 heavy (non-hydrogen) atoms. The molecular weight excluding hydrogens is 284 g/mol. The van der Waals surface area contributed by atoms with E-state index in [2.05, 4.69) is 25.9 Å². The van der Waals surface area contributed by atoms with E-state index in [-0.39, 0.29) is 0 Å². The fourth-order valence-electron chi connectivity index (χ4n) is 1.57. The third kappa shape index (κ3) is 2.39. The smallest absolute Gasteiger partial charge is 0.170 e. The summed E-state index contributed by atoms with van der Waals surface area (Å²) in [6.07, 6.45) is 1.50. The molecule has 0 radical (unpaired) electrons. The van der Waals surface area contributed by atoms with Crippen molar-refractivity contribution in [3.05, 3.63) is 35.2 Å². The minimum absolute atomic E-state index is 0.667. The van der Waals surface area contributed by atoms with Crippen molar-refractivity contribution < 1.29 is 9.47 Å². The molecule has 0 fully saturated rings. The van der Waals surface area contributed by atoms with Crippen LogP contribution in [-0.4, -0.2) is 24.2 Å². The molecule has 4 nitrogen and oxygen atoms in total. The largest absolute Gasteiger partial charge is 0.493 e. The quantitative estimate of drug-likeness (QED) is 0.817. The van der Waals surface area contributed by atoms with E-state index in [4.69, 9.17) is 9.47 Å². The number of halogens is 1. The van der Waals surface area contributed by atoms with Crippen molar-refractivity contribution in [3.63, 3.8) is 0 Å². The SMILES string of the molecule is COc1cccc(-c2cc(Br)ncn2)c1OC. The highest BCUT2D eigenvalue weighted by Gasteiger charge is 2.12. The third-order valence-electron chi connectivity index (χ3n) is 2.31. The molecule has 0 unspecified atom stereocenters. The molecule has 0 saturated carbocycles. The Morgan fingerprint density at radius 3 is 2.59 bits per heavy atom.